The van der Waals surface area contributed by atoms with Gasteiger partial charge in [-0.2, -0.15) is 4.39 Å². The van der Waals surface area contributed by atoms with Crippen molar-refractivity contribution in [2.45, 2.75) is 57.5 Å². The van der Waals surface area contributed by atoms with Gasteiger partial charge in [-0.05, 0) is 74.3 Å². The lowest BCUT2D eigenvalue weighted by molar-refractivity contribution is -0.00137. The fraction of sp³-hybridized carbons (Fsp3) is 0.355. The molecule has 0 N–H and O–H groups in total. The van der Waals surface area contributed by atoms with Gasteiger partial charge in [-0.3, -0.25) is 0 Å². The smallest absolute Gasteiger partial charge is 0.201 e. The molecule has 0 aliphatic carbocycles. The van der Waals surface area contributed by atoms with Gasteiger partial charge in [0, 0.05) is 17.0 Å². The standard InChI is InChI=1S/C31H30F6O2/c1-3-5-6-18-7-8-19(27(33)26(18)32)9-11-21-12-10-20(17-39-21)22-13-14-23(29(35)28(22)34)24-15-16-25(38-4-2)31(37)30(24)36/h3,7-8,13-16,20-21H,1,4-6,9-12,17H2,2H3. The molecule has 2 atom stereocenters. The number of rotatable bonds is 10. The Bertz CT molecular complexity index is 1330. The van der Waals surface area contributed by atoms with Gasteiger partial charge in [0.25, 0.3) is 0 Å². The SMILES string of the molecule is C=CCCc1ccc(CCC2CCC(c3ccc(-c4ccc(OCC)c(F)c4F)c(F)c3F)CO2)c(F)c1F. The molecule has 2 nitrogen and oxygen atoms in total. The van der Waals surface area contributed by atoms with Crippen LogP contribution in [0.2, 0.25) is 0 Å². The van der Waals surface area contributed by atoms with Crippen LogP contribution in [0.5, 0.6) is 5.75 Å². The quantitative estimate of drug-likeness (QED) is 0.187. The molecule has 208 valence electrons. The first-order valence-electron chi connectivity index (χ1n) is 13.0. The van der Waals surface area contributed by atoms with Crippen LogP contribution in [-0.2, 0) is 17.6 Å². The molecule has 3 aromatic carbocycles. The first kappa shape index (κ1) is 28.7. The number of ether oxygens (including phenoxy) is 2. The zero-order valence-corrected chi connectivity index (χ0v) is 21.6. The summed E-state index contributed by atoms with van der Waals surface area (Å²) >= 11 is 0. The lowest BCUT2D eigenvalue weighted by Crippen LogP contribution is -2.26. The molecule has 0 amide bonds. The highest BCUT2D eigenvalue weighted by molar-refractivity contribution is 5.66. The van der Waals surface area contributed by atoms with E-state index in [1.54, 1.807) is 25.1 Å². The van der Waals surface area contributed by atoms with Crippen molar-refractivity contribution in [1.82, 2.24) is 0 Å². The van der Waals surface area contributed by atoms with E-state index in [1.165, 1.54) is 18.2 Å². The second-order valence-corrected chi connectivity index (χ2v) is 9.61. The zero-order valence-electron chi connectivity index (χ0n) is 21.6. The van der Waals surface area contributed by atoms with Crippen LogP contribution < -0.4 is 4.74 Å². The molecule has 1 aliphatic rings. The van der Waals surface area contributed by atoms with Gasteiger partial charge in [-0.1, -0.05) is 30.3 Å². The average Bonchev–Trinajstić information content (AvgIpc) is 2.94. The average molecular weight is 549 g/mol. The molecule has 3 aromatic rings. The summed E-state index contributed by atoms with van der Waals surface area (Å²) < 4.78 is 98.6. The Morgan fingerprint density at radius 3 is 2.05 bits per heavy atom. The Hall–Kier alpha value is -3.26. The predicted octanol–water partition coefficient (Wildman–Crippen LogP) is 8.60. The predicted molar refractivity (Wildman–Crippen MR) is 138 cm³/mol. The topological polar surface area (TPSA) is 18.5 Å². The summed E-state index contributed by atoms with van der Waals surface area (Å²) in [5.41, 5.74) is -0.137. The molecule has 4 rings (SSSR count). The van der Waals surface area contributed by atoms with E-state index in [4.69, 9.17) is 9.47 Å². The van der Waals surface area contributed by atoms with E-state index in [1.807, 2.05) is 0 Å². The van der Waals surface area contributed by atoms with E-state index in [-0.39, 0.29) is 42.6 Å². The second-order valence-electron chi connectivity index (χ2n) is 9.61. The Kier molecular flexibility index (Phi) is 9.38. The molecule has 39 heavy (non-hydrogen) atoms. The number of hydrogen-bond donors (Lipinski definition) is 0. The van der Waals surface area contributed by atoms with Crippen LogP contribution in [0.3, 0.4) is 0 Å². The first-order chi connectivity index (χ1) is 18.8. The van der Waals surface area contributed by atoms with Crippen molar-refractivity contribution < 1.29 is 35.8 Å². The summed E-state index contributed by atoms with van der Waals surface area (Å²) in [4.78, 5) is 0. The van der Waals surface area contributed by atoms with Gasteiger partial charge in [0.05, 0.1) is 19.3 Å². The Labute approximate surface area is 224 Å². The van der Waals surface area contributed by atoms with E-state index in [0.29, 0.717) is 37.7 Å². The summed E-state index contributed by atoms with van der Waals surface area (Å²) in [6, 6.07) is 8.09. The maximum absolute atomic E-state index is 15.1. The number of allylic oxidation sites excluding steroid dienone is 1. The first-order valence-corrected chi connectivity index (χ1v) is 13.0. The van der Waals surface area contributed by atoms with E-state index in [9.17, 15) is 17.6 Å². The van der Waals surface area contributed by atoms with Gasteiger partial charge in [-0.15, -0.1) is 6.58 Å². The maximum Gasteiger partial charge on any atom is 0.201 e. The molecule has 0 spiro atoms. The van der Waals surface area contributed by atoms with Crippen molar-refractivity contribution in [2.24, 2.45) is 0 Å². The monoisotopic (exact) mass is 548 g/mol. The third-order valence-electron chi connectivity index (χ3n) is 7.15. The highest BCUT2D eigenvalue weighted by atomic mass is 19.2. The molecule has 1 aliphatic heterocycles. The van der Waals surface area contributed by atoms with Crippen LogP contribution in [0, 0.1) is 34.9 Å². The van der Waals surface area contributed by atoms with Crippen molar-refractivity contribution in [3.8, 4) is 16.9 Å². The molecule has 1 fully saturated rings. The van der Waals surface area contributed by atoms with Gasteiger partial charge in [0.2, 0.25) is 5.82 Å². The minimum absolute atomic E-state index is 0.0877. The zero-order chi connectivity index (χ0) is 28.1. The van der Waals surface area contributed by atoms with Crippen LogP contribution in [0.4, 0.5) is 26.3 Å². The molecule has 2 unspecified atom stereocenters. The summed E-state index contributed by atoms with van der Waals surface area (Å²) in [5.74, 6) is -7.44. The van der Waals surface area contributed by atoms with Crippen LogP contribution in [0.15, 0.2) is 49.1 Å². The number of hydrogen-bond acceptors (Lipinski definition) is 2. The maximum atomic E-state index is 15.1. The van der Waals surface area contributed by atoms with E-state index < -0.39 is 51.9 Å². The van der Waals surface area contributed by atoms with Gasteiger partial charge >= 0.3 is 0 Å². The minimum Gasteiger partial charge on any atom is -0.491 e. The molecular formula is C31H30F6O2. The highest BCUT2D eigenvalue weighted by Crippen LogP contribution is 2.37. The minimum atomic E-state index is -1.32. The molecule has 0 aromatic heterocycles. The Morgan fingerprint density at radius 1 is 0.795 bits per heavy atom. The van der Waals surface area contributed by atoms with Crippen molar-refractivity contribution in [3.05, 3.63) is 101 Å². The van der Waals surface area contributed by atoms with E-state index in [2.05, 4.69) is 6.58 Å². The summed E-state index contributed by atoms with van der Waals surface area (Å²) in [6.07, 6.45) is 4.08. The van der Waals surface area contributed by atoms with Gasteiger partial charge in [0.15, 0.2) is 34.8 Å². The molecule has 0 bridgehead atoms. The molecular weight excluding hydrogens is 518 g/mol. The third kappa shape index (κ3) is 6.16. The molecule has 0 radical (unpaired) electrons. The van der Waals surface area contributed by atoms with E-state index >= 15 is 8.78 Å². The highest BCUT2D eigenvalue weighted by Gasteiger charge is 2.28. The van der Waals surface area contributed by atoms with Crippen LogP contribution in [0.25, 0.3) is 11.1 Å². The third-order valence-corrected chi connectivity index (χ3v) is 7.15. The fourth-order valence-electron chi connectivity index (χ4n) is 4.96. The summed E-state index contributed by atoms with van der Waals surface area (Å²) in [6.45, 7) is 5.44. The van der Waals surface area contributed by atoms with Crippen LogP contribution in [-0.4, -0.2) is 19.3 Å². The lowest BCUT2D eigenvalue weighted by Gasteiger charge is -2.30. The number of aryl methyl sites for hydroxylation is 2. The van der Waals surface area contributed by atoms with Gasteiger partial charge < -0.3 is 9.47 Å². The van der Waals surface area contributed by atoms with Crippen molar-refractivity contribution >= 4 is 0 Å². The molecule has 0 saturated carbocycles. The van der Waals surface area contributed by atoms with Gasteiger partial charge in [0.1, 0.15) is 0 Å². The normalized spacial score (nSPS) is 17.3. The van der Waals surface area contributed by atoms with E-state index in [0.717, 1.165) is 6.07 Å². The molecule has 8 heteroatoms. The van der Waals surface area contributed by atoms with Crippen molar-refractivity contribution in [1.29, 1.82) is 0 Å². The van der Waals surface area contributed by atoms with Crippen LogP contribution >= 0.6 is 0 Å². The van der Waals surface area contributed by atoms with Gasteiger partial charge in [-0.25, -0.2) is 22.0 Å². The second kappa shape index (κ2) is 12.7. The van der Waals surface area contributed by atoms with Crippen molar-refractivity contribution in [2.75, 3.05) is 13.2 Å². The fourth-order valence-corrected chi connectivity index (χ4v) is 4.96. The number of halogens is 6. The largest absolute Gasteiger partial charge is 0.491 e. The van der Waals surface area contributed by atoms with Crippen molar-refractivity contribution in [3.63, 3.8) is 0 Å². The Balaban J connectivity index is 1.40. The molecule has 1 heterocycles. The Morgan fingerprint density at radius 2 is 1.44 bits per heavy atom. The summed E-state index contributed by atoms with van der Waals surface area (Å²) in [5, 5.41) is 0. The van der Waals surface area contributed by atoms with Crippen LogP contribution in [0.1, 0.15) is 55.2 Å². The molecule has 1 saturated heterocycles. The lowest BCUT2D eigenvalue weighted by atomic mass is 9.88. The summed E-state index contributed by atoms with van der Waals surface area (Å²) in [7, 11) is 0. The number of benzene rings is 3.